The summed E-state index contributed by atoms with van der Waals surface area (Å²) in [5, 5.41) is 21.2. The zero-order valence-electron chi connectivity index (χ0n) is 20.6. The normalized spacial score (nSPS) is 10.2. The third-order valence-corrected chi connectivity index (χ3v) is 4.71. The van der Waals surface area contributed by atoms with Gasteiger partial charge in [0.1, 0.15) is 11.5 Å². The van der Waals surface area contributed by atoms with Crippen molar-refractivity contribution in [1.29, 1.82) is 5.26 Å². The summed E-state index contributed by atoms with van der Waals surface area (Å²) in [4.78, 5) is 42.8. The lowest BCUT2D eigenvalue weighted by atomic mass is 10.1. The van der Waals surface area contributed by atoms with Crippen molar-refractivity contribution in [3.8, 4) is 35.3 Å². The molecule has 0 saturated carbocycles. The molecule has 1 heterocycles. The summed E-state index contributed by atoms with van der Waals surface area (Å²) in [6, 6.07) is 11.9. The molecule has 0 N–H and O–H groups in total. The third kappa shape index (κ3) is 6.91. The van der Waals surface area contributed by atoms with Crippen LogP contribution < -0.4 is 14.2 Å². The van der Waals surface area contributed by atoms with Crippen LogP contribution in [-0.2, 0) is 14.3 Å². The maximum absolute atomic E-state index is 11.9. The fraction of sp³-hybridized carbons (Fsp3) is 0.240. The first-order chi connectivity index (χ1) is 18.2. The van der Waals surface area contributed by atoms with Crippen LogP contribution in [0.15, 0.2) is 42.5 Å². The number of aromatic nitrogens is 2. The summed E-state index contributed by atoms with van der Waals surface area (Å²) in [5.41, 5.74) is 0.308. The van der Waals surface area contributed by atoms with Crippen LogP contribution in [0.4, 0.5) is 5.69 Å². The van der Waals surface area contributed by atoms with E-state index in [9.17, 15) is 25.0 Å². The number of hydrogen-bond donors (Lipinski definition) is 0. The van der Waals surface area contributed by atoms with E-state index in [0.29, 0.717) is 5.56 Å². The average Bonchev–Trinajstić information content (AvgIpc) is 2.89. The van der Waals surface area contributed by atoms with Crippen molar-refractivity contribution in [1.82, 2.24) is 9.97 Å². The zero-order valence-corrected chi connectivity index (χ0v) is 20.6. The molecule has 0 aliphatic heterocycles. The van der Waals surface area contributed by atoms with E-state index >= 15 is 0 Å². The summed E-state index contributed by atoms with van der Waals surface area (Å²) in [6.07, 6.45) is 0. The number of nitro groups is 1. The van der Waals surface area contributed by atoms with E-state index in [0.717, 1.165) is 0 Å². The lowest BCUT2D eigenvalue weighted by molar-refractivity contribution is -0.387. The molecule has 38 heavy (non-hydrogen) atoms. The molecular weight excluding hydrogens is 500 g/mol. The molecule has 0 aliphatic carbocycles. The van der Waals surface area contributed by atoms with Crippen molar-refractivity contribution in [2.24, 2.45) is 0 Å². The number of esters is 2. The molecule has 0 spiro atoms. The monoisotopic (exact) mass is 522 g/mol. The Hall–Kier alpha value is -5.25. The molecule has 3 aromatic rings. The van der Waals surface area contributed by atoms with Gasteiger partial charge in [-0.3, -0.25) is 10.1 Å². The van der Waals surface area contributed by atoms with E-state index in [1.807, 2.05) is 6.07 Å². The quantitative estimate of drug-likeness (QED) is 0.199. The second-order valence-corrected chi connectivity index (χ2v) is 7.36. The SMILES string of the molecule is CCOC(=O)COc1nc(Oc2ccc(C(=O)OCC)cc2)nc(Oc2cc(C#N)ccc2C)c1[N+](=O)[O-]. The number of carbonyl (C=O) groups excluding carboxylic acids is 2. The van der Waals surface area contributed by atoms with Crippen molar-refractivity contribution < 1.29 is 38.2 Å². The molecular formula is C25H22N4O9. The minimum Gasteiger partial charge on any atom is -0.463 e. The highest BCUT2D eigenvalue weighted by Crippen LogP contribution is 2.39. The summed E-state index contributed by atoms with van der Waals surface area (Å²) in [5.74, 6) is -2.17. The largest absolute Gasteiger partial charge is 0.463 e. The zero-order chi connectivity index (χ0) is 27.7. The van der Waals surface area contributed by atoms with Gasteiger partial charge < -0.3 is 23.7 Å². The van der Waals surface area contributed by atoms with Gasteiger partial charge in [0.25, 0.3) is 0 Å². The molecule has 2 aromatic carbocycles. The van der Waals surface area contributed by atoms with Gasteiger partial charge in [-0.2, -0.15) is 15.2 Å². The Morgan fingerprint density at radius 3 is 2.32 bits per heavy atom. The van der Waals surface area contributed by atoms with E-state index in [1.165, 1.54) is 30.3 Å². The molecule has 0 amide bonds. The maximum Gasteiger partial charge on any atom is 0.392 e. The summed E-state index contributed by atoms with van der Waals surface area (Å²) in [7, 11) is 0. The number of nitriles is 1. The van der Waals surface area contributed by atoms with Crippen molar-refractivity contribution in [2.45, 2.75) is 20.8 Å². The summed E-state index contributed by atoms with van der Waals surface area (Å²) < 4.78 is 26.4. The predicted octanol–water partition coefficient (Wildman–Crippen LogP) is 4.27. The number of rotatable bonds is 11. The van der Waals surface area contributed by atoms with Gasteiger partial charge in [-0.05, 0) is 62.7 Å². The molecule has 0 fully saturated rings. The second-order valence-electron chi connectivity index (χ2n) is 7.36. The van der Waals surface area contributed by atoms with E-state index < -0.39 is 46.9 Å². The number of benzene rings is 2. The molecule has 1 aromatic heterocycles. The molecule has 0 atom stereocenters. The molecule has 13 heteroatoms. The second kappa shape index (κ2) is 12.6. The van der Waals surface area contributed by atoms with Gasteiger partial charge in [0.05, 0.1) is 35.3 Å². The highest BCUT2D eigenvalue weighted by Gasteiger charge is 2.30. The highest BCUT2D eigenvalue weighted by molar-refractivity contribution is 5.89. The van der Waals surface area contributed by atoms with Crippen molar-refractivity contribution in [3.63, 3.8) is 0 Å². The smallest absolute Gasteiger partial charge is 0.392 e. The Morgan fingerprint density at radius 1 is 1.00 bits per heavy atom. The number of aryl methyl sites for hydroxylation is 1. The van der Waals surface area contributed by atoms with E-state index in [4.69, 9.17) is 23.7 Å². The van der Waals surface area contributed by atoms with Crippen molar-refractivity contribution in [2.75, 3.05) is 19.8 Å². The molecule has 0 aliphatic rings. The average molecular weight is 522 g/mol. The van der Waals surface area contributed by atoms with Gasteiger partial charge in [0.15, 0.2) is 6.61 Å². The first kappa shape index (κ1) is 27.3. The number of ether oxygens (including phenoxy) is 5. The van der Waals surface area contributed by atoms with Gasteiger partial charge in [-0.1, -0.05) is 6.07 Å². The van der Waals surface area contributed by atoms with E-state index in [1.54, 1.807) is 32.9 Å². The van der Waals surface area contributed by atoms with E-state index in [2.05, 4.69) is 9.97 Å². The molecule has 3 rings (SSSR count). The van der Waals surface area contributed by atoms with Crippen LogP contribution in [0.1, 0.15) is 35.3 Å². The standard InChI is InChI=1S/C25H22N4O9/c1-4-34-20(30)14-36-22-21(29(32)33)23(38-19-12-16(13-26)7-6-15(19)3)28-25(27-22)37-18-10-8-17(9-11-18)24(31)35-5-2/h6-12H,4-5,14H2,1-3H3. The van der Waals surface area contributed by atoms with Crippen molar-refractivity contribution >= 4 is 17.6 Å². The lowest BCUT2D eigenvalue weighted by Crippen LogP contribution is -2.16. The van der Waals surface area contributed by atoms with Crippen LogP contribution in [0, 0.1) is 28.4 Å². The molecule has 0 saturated heterocycles. The van der Waals surface area contributed by atoms with Crippen LogP contribution in [0.5, 0.6) is 29.3 Å². The van der Waals surface area contributed by atoms with Crippen LogP contribution in [-0.4, -0.2) is 46.7 Å². The van der Waals surface area contributed by atoms with Gasteiger partial charge in [0.2, 0.25) is 0 Å². The molecule has 196 valence electrons. The molecule has 13 nitrogen and oxygen atoms in total. The Labute approximate surface area is 216 Å². The Bertz CT molecular complexity index is 1380. The minimum atomic E-state index is -0.836. The first-order valence-electron chi connectivity index (χ1n) is 11.2. The van der Waals surface area contributed by atoms with Gasteiger partial charge in [-0.25, -0.2) is 9.59 Å². The molecule has 0 unspecified atom stereocenters. The Morgan fingerprint density at radius 2 is 1.68 bits per heavy atom. The number of carbonyl (C=O) groups is 2. The fourth-order valence-corrected chi connectivity index (χ4v) is 2.96. The fourth-order valence-electron chi connectivity index (χ4n) is 2.96. The van der Waals surface area contributed by atoms with Crippen LogP contribution >= 0.6 is 0 Å². The van der Waals surface area contributed by atoms with Gasteiger partial charge in [-0.15, -0.1) is 0 Å². The number of nitrogens with zero attached hydrogens (tertiary/aromatic N) is 4. The van der Waals surface area contributed by atoms with Gasteiger partial charge >= 0.3 is 35.4 Å². The number of hydrogen-bond acceptors (Lipinski definition) is 12. The predicted molar refractivity (Wildman–Crippen MR) is 129 cm³/mol. The van der Waals surface area contributed by atoms with Crippen LogP contribution in [0.25, 0.3) is 0 Å². The lowest BCUT2D eigenvalue weighted by Gasteiger charge is -2.13. The first-order valence-corrected chi connectivity index (χ1v) is 11.2. The molecule has 0 bridgehead atoms. The van der Waals surface area contributed by atoms with Crippen LogP contribution in [0.2, 0.25) is 0 Å². The topological polar surface area (TPSA) is 173 Å². The summed E-state index contributed by atoms with van der Waals surface area (Å²) in [6.45, 7) is 4.55. The molecule has 0 radical (unpaired) electrons. The highest BCUT2D eigenvalue weighted by atomic mass is 16.6. The Kier molecular flexibility index (Phi) is 9.09. The van der Waals surface area contributed by atoms with Crippen molar-refractivity contribution in [3.05, 3.63) is 69.3 Å². The van der Waals surface area contributed by atoms with Gasteiger partial charge in [0, 0.05) is 0 Å². The van der Waals surface area contributed by atoms with E-state index in [-0.39, 0.29) is 35.8 Å². The Balaban J connectivity index is 2.03. The maximum atomic E-state index is 11.9. The summed E-state index contributed by atoms with van der Waals surface area (Å²) >= 11 is 0. The minimum absolute atomic E-state index is 0.0765. The third-order valence-electron chi connectivity index (χ3n) is 4.71. The van der Waals surface area contributed by atoms with Crippen LogP contribution in [0.3, 0.4) is 0 Å².